The second kappa shape index (κ2) is 4.72. The van der Waals surface area contributed by atoms with E-state index in [0.29, 0.717) is 6.54 Å². The van der Waals surface area contributed by atoms with Crippen LogP contribution in [0.2, 0.25) is 0 Å². The largest absolute Gasteiger partial charge is 0.330 e. The molecular formula is C14H18N2O. The second-order valence-electron chi connectivity index (χ2n) is 4.49. The van der Waals surface area contributed by atoms with Crippen LogP contribution < -0.4 is 11.3 Å². The van der Waals surface area contributed by atoms with Gasteiger partial charge in [0.15, 0.2) is 0 Å². The maximum Gasteiger partial charge on any atom is 0.253 e. The van der Waals surface area contributed by atoms with Crippen molar-refractivity contribution >= 4 is 10.9 Å². The Morgan fingerprint density at radius 2 is 2.06 bits per heavy atom. The highest BCUT2D eigenvalue weighted by atomic mass is 16.1. The predicted molar refractivity (Wildman–Crippen MR) is 71.3 cm³/mol. The summed E-state index contributed by atoms with van der Waals surface area (Å²) >= 11 is 0. The van der Waals surface area contributed by atoms with Gasteiger partial charge in [-0.2, -0.15) is 0 Å². The molecule has 2 aromatic rings. The average molecular weight is 230 g/mol. The van der Waals surface area contributed by atoms with E-state index in [1.807, 2.05) is 25.2 Å². The molecule has 0 amide bonds. The molecule has 3 heteroatoms. The Kier molecular flexibility index (Phi) is 3.29. The first kappa shape index (κ1) is 11.9. The fourth-order valence-corrected chi connectivity index (χ4v) is 2.14. The van der Waals surface area contributed by atoms with Crippen molar-refractivity contribution in [2.75, 3.05) is 6.54 Å². The van der Waals surface area contributed by atoms with E-state index < -0.39 is 0 Å². The van der Waals surface area contributed by atoms with E-state index in [1.165, 1.54) is 5.56 Å². The number of aromatic nitrogens is 1. The third-order valence-electron chi connectivity index (χ3n) is 3.10. The van der Waals surface area contributed by atoms with Gasteiger partial charge in [-0.15, -0.1) is 0 Å². The van der Waals surface area contributed by atoms with Crippen LogP contribution in [-0.4, -0.2) is 11.1 Å². The molecule has 2 N–H and O–H groups in total. The fourth-order valence-electron chi connectivity index (χ4n) is 2.14. The van der Waals surface area contributed by atoms with Crippen LogP contribution in [0.1, 0.15) is 17.5 Å². The lowest BCUT2D eigenvalue weighted by atomic mass is 10.1. The molecule has 0 saturated heterocycles. The summed E-state index contributed by atoms with van der Waals surface area (Å²) in [6.07, 6.45) is 1.61. The van der Waals surface area contributed by atoms with Crippen molar-refractivity contribution in [2.45, 2.75) is 19.8 Å². The van der Waals surface area contributed by atoms with Gasteiger partial charge in [-0.05, 0) is 49.9 Å². The van der Waals surface area contributed by atoms with Crippen LogP contribution in [0.4, 0.5) is 0 Å². The molecule has 0 aliphatic carbocycles. The summed E-state index contributed by atoms with van der Waals surface area (Å²) in [6, 6.07) is 8.14. The molecule has 3 nitrogen and oxygen atoms in total. The molecule has 90 valence electrons. The van der Waals surface area contributed by atoms with Crippen LogP contribution in [0.15, 0.2) is 29.1 Å². The molecule has 1 aromatic heterocycles. The summed E-state index contributed by atoms with van der Waals surface area (Å²) in [6.45, 7) is 2.68. The van der Waals surface area contributed by atoms with Crippen LogP contribution in [0, 0.1) is 6.92 Å². The van der Waals surface area contributed by atoms with Crippen LogP contribution in [0.3, 0.4) is 0 Å². The lowest BCUT2D eigenvalue weighted by Crippen LogP contribution is -2.21. The molecule has 0 aliphatic rings. The van der Waals surface area contributed by atoms with Gasteiger partial charge in [0.1, 0.15) is 0 Å². The SMILES string of the molecule is Cc1ccc2c(c1)cc(CCCN)c(=O)n2C. The highest BCUT2D eigenvalue weighted by Gasteiger charge is 2.06. The van der Waals surface area contributed by atoms with Gasteiger partial charge in [0, 0.05) is 12.6 Å². The van der Waals surface area contributed by atoms with Gasteiger partial charge in [-0.25, -0.2) is 0 Å². The molecule has 2 rings (SSSR count). The Hall–Kier alpha value is -1.61. The highest BCUT2D eigenvalue weighted by molar-refractivity contribution is 5.80. The number of fused-ring (bicyclic) bond motifs is 1. The minimum atomic E-state index is 0.0924. The smallest absolute Gasteiger partial charge is 0.253 e. The molecule has 0 bridgehead atoms. The molecular weight excluding hydrogens is 212 g/mol. The molecule has 0 fully saturated rings. The Morgan fingerprint density at radius 3 is 2.76 bits per heavy atom. The third kappa shape index (κ3) is 2.24. The summed E-state index contributed by atoms with van der Waals surface area (Å²) < 4.78 is 1.72. The number of hydrogen-bond donors (Lipinski definition) is 1. The molecule has 17 heavy (non-hydrogen) atoms. The number of rotatable bonds is 3. The monoisotopic (exact) mass is 230 g/mol. The third-order valence-corrected chi connectivity index (χ3v) is 3.10. The van der Waals surface area contributed by atoms with Gasteiger partial charge in [0.05, 0.1) is 5.52 Å². The van der Waals surface area contributed by atoms with Crippen molar-refractivity contribution in [3.05, 3.63) is 45.7 Å². The Balaban J connectivity index is 2.63. The van der Waals surface area contributed by atoms with Gasteiger partial charge in [0.25, 0.3) is 5.56 Å². The Bertz CT molecular complexity index is 599. The number of nitrogens with two attached hydrogens (primary N) is 1. The molecule has 1 heterocycles. The van der Waals surface area contributed by atoms with E-state index in [2.05, 4.69) is 13.0 Å². The molecule has 0 unspecified atom stereocenters. The van der Waals surface area contributed by atoms with Crippen LogP contribution in [-0.2, 0) is 13.5 Å². The number of aryl methyl sites for hydroxylation is 3. The number of pyridine rings is 1. The van der Waals surface area contributed by atoms with E-state index in [9.17, 15) is 4.79 Å². The Labute approximate surface area is 101 Å². The van der Waals surface area contributed by atoms with E-state index in [4.69, 9.17) is 5.73 Å². The molecule has 1 aromatic carbocycles. The van der Waals surface area contributed by atoms with Gasteiger partial charge < -0.3 is 10.3 Å². The first-order chi connectivity index (χ1) is 8.13. The van der Waals surface area contributed by atoms with Crippen LogP contribution in [0.5, 0.6) is 0 Å². The van der Waals surface area contributed by atoms with Crippen molar-refractivity contribution in [2.24, 2.45) is 12.8 Å². The summed E-state index contributed by atoms with van der Waals surface area (Å²) in [5.41, 5.74) is 8.63. The molecule has 0 radical (unpaired) electrons. The van der Waals surface area contributed by atoms with E-state index in [0.717, 1.165) is 29.3 Å². The standard InChI is InChI=1S/C14H18N2O/c1-10-5-6-13-12(8-10)9-11(4-3-7-15)14(17)16(13)2/h5-6,8-9H,3-4,7,15H2,1-2H3. The fraction of sp³-hybridized carbons (Fsp3) is 0.357. The van der Waals surface area contributed by atoms with Gasteiger partial charge in [0.2, 0.25) is 0 Å². The van der Waals surface area contributed by atoms with Crippen molar-refractivity contribution in [3.63, 3.8) is 0 Å². The quantitative estimate of drug-likeness (QED) is 0.873. The van der Waals surface area contributed by atoms with Gasteiger partial charge >= 0.3 is 0 Å². The lowest BCUT2D eigenvalue weighted by Gasteiger charge is -2.09. The predicted octanol–water partition coefficient (Wildman–Crippen LogP) is 1.74. The molecule has 0 saturated carbocycles. The normalized spacial score (nSPS) is 11.0. The first-order valence-electron chi connectivity index (χ1n) is 5.93. The summed E-state index contributed by atoms with van der Waals surface area (Å²) in [5.74, 6) is 0. The average Bonchev–Trinajstić information content (AvgIpc) is 2.31. The van der Waals surface area contributed by atoms with E-state index in [1.54, 1.807) is 4.57 Å². The first-order valence-corrected chi connectivity index (χ1v) is 5.93. The minimum absolute atomic E-state index is 0.0924. The maximum atomic E-state index is 12.1. The molecule has 0 spiro atoms. The second-order valence-corrected chi connectivity index (χ2v) is 4.49. The number of hydrogen-bond acceptors (Lipinski definition) is 2. The molecule has 0 atom stereocenters. The number of nitrogens with zero attached hydrogens (tertiary/aromatic N) is 1. The van der Waals surface area contributed by atoms with E-state index >= 15 is 0 Å². The van der Waals surface area contributed by atoms with Crippen molar-refractivity contribution < 1.29 is 0 Å². The summed E-state index contributed by atoms with van der Waals surface area (Å²) in [5, 5.41) is 1.12. The van der Waals surface area contributed by atoms with Gasteiger partial charge in [-0.3, -0.25) is 4.79 Å². The van der Waals surface area contributed by atoms with Crippen molar-refractivity contribution in [1.29, 1.82) is 0 Å². The zero-order valence-corrected chi connectivity index (χ0v) is 10.4. The highest BCUT2D eigenvalue weighted by Crippen LogP contribution is 2.15. The van der Waals surface area contributed by atoms with Crippen molar-refractivity contribution in [3.8, 4) is 0 Å². The zero-order valence-electron chi connectivity index (χ0n) is 10.4. The van der Waals surface area contributed by atoms with E-state index in [-0.39, 0.29) is 5.56 Å². The minimum Gasteiger partial charge on any atom is -0.330 e. The topological polar surface area (TPSA) is 48.0 Å². The molecule has 0 aliphatic heterocycles. The zero-order chi connectivity index (χ0) is 12.4. The van der Waals surface area contributed by atoms with Crippen LogP contribution >= 0.6 is 0 Å². The van der Waals surface area contributed by atoms with Crippen LogP contribution in [0.25, 0.3) is 10.9 Å². The van der Waals surface area contributed by atoms with Crippen molar-refractivity contribution in [1.82, 2.24) is 4.57 Å². The Morgan fingerprint density at radius 1 is 1.29 bits per heavy atom. The van der Waals surface area contributed by atoms with Gasteiger partial charge in [-0.1, -0.05) is 11.6 Å². The summed E-state index contributed by atoms with van der Waals surface area (Å²) in [7, 11) is 1.83. The summed E-state index contributed by atoms with van der Waals surface area (Å²) in [4.78, 5) is 12.1. The number of benzene rings is 1. The lowest BCUT2D eigenvalue weighted by molar-refractivity contribution is 0.799. The maximum absolute atomic E-state index is 12.1.